The normalized spacial score (nSPS) is 10.9. The molecule has 3 rings (SSSR count). The Morgan fingerprint density at radius 2 is 1.76 bits per heavy atom. The van der Waals surface area contributed by atoms with Gasteiger partial charge in [0, 0.05) is 16.3 Å². The highest BCUT2D eigenvalue weighted by molar-refractivity contribution is 6.10. The summed E-state index contributed by atoms with van der Waals surface area (Å²) in [6.07, 6.45) is 0.930. The first-order chi connectivity index (χ1) is 8.31. The molecular formula is C15H11NO. The zero-order chi connectivity index (χ0) is 11.8. The lowest BCUT2D eigenvalue weighted by molar-refractivity contribution is 0.112. The molecule has 0 unspecified atom stereocenters. The largest absolute Gasteiger partial charge is 0.298 e. The van der Waals surface area contributed by atoms with Gasteiger partial charge in [-0.25, -0.2) is 4.98 Å². The molecule has 0 amide bonds. The van der Waals surface area contributed by atoms with Crippen molar-refractivity contribution < 1.29 is 4.79 Å². The molecule has 0 aliphatic rings. The zero-order valence-corrected chi connectivity index (χ0v) is 9.47. The molecule has 0 radical (unpaired) electrons. The molecule has 3 aromatic rings. The molecule has 0 bridgehead atoms. The van der Waals surface area contributed by atoms with Gasteiger partial charge in [-0.1, -0.05) is 30.3 Å². The fourth-order valence-electron chi connectivity index (χ4n) is 2.28. The standard InChI is InChI=1S/C15H11NO/c1-10-5-4-8-14-15(10)12(9-17)11-6-2-3-7-13(11)16-14/h2-9H,1H3. The molecule has 0 N–H and O–H groups in total. The van der Waals surface area contributed by atoms with Crippen molar-refractivity contribution in [1.82, 2.24) is 4.98 Å². The maximum Gasteiger partial charge on any atom is 0.151 e. The van der Waals surface area contributed by atoms with Crippen molar-refractivity contribution in [3.05, 3.63) is 53.6 Å². The second-order valence-electron chi connectivity index (χ2n) is 4.13. The molecule has 0 aliphatic carbocycles. The number of carbonyl (C=O) groups is 1. The van der Waals surface area contributed by atoms with E-state index < -0.39 is 0 Å². The van der Waals surface area contributed by atoms with E-state index in [4.69, 9.17) is 0 Å². The highest BCUT2D eigenvalue weighted by Crippen LogP contribution is 2.26. The number of aryl methyl sites for hydroxylation is 1. The van der Waals surface area contributed by atoms with Crippen LogP contribution in [0.5, 0.6) is 0 Å². The van der Waals surface area contributed by atoms with E-state index in [0.717, 1.165) is 39.2 Å². The van der Waals surface area contributed by atoms with Crippen LogP contribution in [0.15, 0.2) is 42.5 Å². The third-order valence-electron chi connectivity index (χ3n) is 3.07. The summed E-state index contributed by atoms with van der Waals surface area (Å²) in [5, 5.41) is 1.88. The van der Waals surface area contributed by atoms with Crippen LogP contribution in [-0.2, 0) is 0 Å². The molecule has 0 saturated heterocycles. The third kappa shape index (κ3) is 1.41. The summed E-state index contributed by atoms with van der Waals surface area (Å²) < 4.78 is 0. The highest BCUT2D eigenvalue weighted by atomic mass is 16.1. The second-order valence-corrected chi connectivity index (χ2v) is 4.13. The summed E-state index contributed by atoms with van der Waals surface area (Å²) in [6.45, 7) is 2.01. The Balaban J connectivity index is 2.64. The number of carbonyl (C=O) groups excluding carboxylic acids is 1. The summed E-state index contributed by atoms with van der Waals surface area (Å²) in [5.41, 5.74) is 3.57. The predicted octanol–water partition coefficient (Wildman–Crippen LogP) is 3.51. The van der Waals surface area contributed by atoms with Gasteiger partial charge in [-0.15, -0.1) is 0 Å². The molecule has 0 atom stereocenters. The van der Waals surface area contributed by atoms with Crippen LogP contribution in [0.25, 0.3) is 21.8 Å². The number of aromatic nitrogens is 1. The summed E-state index contributed by atoms with van der Waals surface area (Å²) in [4.78, 5) is 15.9. The van der Waals surface area contributed by atoms with E-state index in [-0.39, 0.29) is 0 Å². The van der Waals surface area contributed by atoms with Gasteiger partial charge >= 0.3 is 0 Å². The Kier molecular flexibility index (Phi) is 2.15. The van der Waals surface area contributed by atoms with Crippen molar-refractivity contribution in [1.29, 1.82) is 0 Å². The molecule has 2 aromatic carbocycles. The first kappa shape index (κ1) is 9.97. The van der Waals surface area contributed by atoms with Crippen LogP contribution in [0, 0.1) is 6.92 Å². The molecule has 1 heterocycles. The lowest BCUT2D eigenvalue weighted by Gasteiger charge is -2.07. The number of hydrogen-bond donors (Lipinski definition) is 0. The minimum absolute atomic E-state index is 0.740. The minimum atomic E-state index is 0.740. The summed E-state index contributed by atoms with van der Waals surface area (Å²) in [7, 11) is 0. The summed E-state index contributed by atoms with van der Waals surface area (Å²) in [6, 6.07) is 13.7. The molecule has 2 nitrogen and oxygen atoms in total. The SMILES string of the molecule is Cc1cccc2nc3ccccc3c(C=O)c12. The number of rotatable bonds is 1. The van der Waals surface area contributed by atoms with E-state index in [1.807, 2.05) is 49.4 Å². The van der Waals surface area contributed by atoms with Crippen molar-refractivity contribution in [3.63, 3.8) is 0 Å². The van der Waals surface area contributed by atoms with Crippen LogP contribution >= 0.6 is 0 Å². The Bertz CT molecular complexity index is 731. The lowest BCUT2D eigenvalue weighted by Crippen LogP contribution is -1.92. The second kappa shape index (κ2) is 3.67. The van der Waals surface area contributed by atoms with Gasteiger partial charge in [-0.05, 0) is 24.6 Å². The lowest BCUT2D eigenvalue weighted by atomic mass is 10.0. The Labute approximate surface area is 98.9 Å². The summed E-state index contributed by atoms with van der Waals surface area (Å²) in [5.74, 6) is 0. The van der Waals surface area contributed by atoms with Gasteiger partial charge in [-0.3, -0.25) is 4.79 Å². The third-order valence-corrected chi connectivity index (χ3v) is 3.07. The summed E-state index contributed by atoms with van der Waals surface area (Å²) >= 11 is 0. The minimum Gasteiger partial charge on any atom is -0.298 e. The van der Waals surface area contributed by atoms with Crippen LogP contribution in [-0.4, -0.2) is 11.3 Å². The number of nitrogens with zero attached hydrogens (tertiary/aromatic N) is 1. The zero-order valence-electron chi connectivity index (χ0n) is 9.47. The topological polar surface area (TPSA) is 30.0 Å². The van der Waals surface area contributed by atoms with Crippen molar-refractivity contribution in [2.75, 3.05) is 0 Å². The van der Waals surface area contributed by atoms with Crippen LogP contribution in [0.4, 0.5) is 0 Å². The van der Waals surface area contributed by atoms with E-state index in [2.05, 4.69) is 4.98 Å². The Morgan fingerprint density at radius 1 is 1.00 bits per heavy atom. The number of fused-ring (bicyclic) bond motifs is 2. The fraction of sp³-hybridized carbons (Fsp3) is 0.0667. The smallest absolute Gasteiger partial charge is 0.151 e. The number of para-hydroxylation sites is 1. The predicted molar refractivity (Wildman–Crippen MR) is 69.4 cm³/mol. The van der Waals surface area contributed by atoms with Crippen LogP contribution in [0.3, 0.4) is 0 Å². The number of hydrogen-bond acceptors (Lipinski definition) is 2. The van der Waals surface area contributed by atoms with Gasteiger partial charge in [0.05, 0.1) is 11.0 Å². The van der Waals surface area contributed by atoms with E-state index in [0.29, 0.717) is 0 Å². The monoisotopic (exact) mass is 221 g/mol. The molecule has 17 heavy (non-hydrogen) atoms. The molecule has 1 aromatic heterocycles. The molecule has 0 aliphatic heterocycles. The van der Waals surface area contributed by atoms with Crippen molar-refractivity contribution >= 4 is 28.1 Å². The van der Waals surface area contributed by atoms with Crippen LogP contribution < -0.4 is 0 Å². The molecule has 0 spiro atoms. The molecule has 0 fully saturated rings. The Morgan fingerprint density at radius 3 is 2.59 bits per heavy atom. The van der Waals surface area contributed by atoms with E-state index >= 15 is 0 Å². The van der Waals surface area contributed by atoms with Crippen molar-refractivity contribution in [2.45, 2.75) is 6.92 Å². The van der Waals surface area contributed by atoms with Gasteiger partial charge in [0.2, 0.25) is 0 Å². The fourth-order valence-corrected chi connectivity index (χ4v) is 2.28. The van der Waals surface area contributed by atoms with Gasteiger partial charge in [-0.2, -0.15) is 0 Å². The van der Waals surface area contributed by atoms with E-state index in [9.17, 15) is 4.79 Å². The van der Waals surface area contributed by atoms with Gasteiger partial charge in [0.15, 0.2) is 6.29 Å². The van der Waals surface area contributed by atoms with Crippen LogP contribution in [0.1, 0.15) is 15.9 Å². The molecule has 2 heteroatoms. The van der Waals surface area contributed by atoms with Crippen LogP contribution in [0.2, 0.25) is 0 Å². The quantitative estimate of drug-likeness (QED) is 0.465. The molecule has 0 saturated carbocycles. The van der Waals surface area contributed by atoms with Gasteiger partial charge < -0.3 is 0 Å². The highest BCUT2D eigenvalue weighted by Gasteiger charge is 2.09. The van der Waals surface area contributed by atoms with Gasteiger partial charge in [0.1, 0.15) is 0 Å². The first-order valence-corrected chi connectivity index (χ1v) is 5.54. The average molecular weight is 221 g/mol. The number of aldehydes is 1. The molecular weight excluding hydrogens is 210 g/mol. The van der Waals surface area contributed by atoms with E-state index in [1.165, 1.54) is 0 Å². The maximum atomic E-state index is 11.4. The van der Waals surface area contributed by atoms with E-state index in [1.54, 1.807) is 0 Å². The molecule has 82 valence electrons. The maximum absolute atomic E-state index is 11.4. The first-order valence-electron chi connectivity index (χ1n) is 5.54. The van der Waals surface area contributed by atoms with Crippen molar-refractivity contribution in [3.8, 4) is 0 Å². The Hall–Kier alpha value is -2.22. The van der Waals surface area contributed by atoms with Gasteiger partial charge in [0.25, 0.3) is 0 Å². The average Bonchev–Trinajstić information content (AvgIpc) is 2.36. The number of benzene rings is 2. The van der Waals surface area contributed by atoms with Crippen molar-refractivity contribution in [2.24, 2.45) is 0 Å². The number of pyridine rings is 1.